The highest BCUT2D eigenvalue weighted by Gasteiger charge is 2.09. The fraction of sp³-hybridized carbons (Fsp3) is 0.130. The van der Waals surface area contributed by atoms with Gasteiger partial charge in [0.2, 0.25) is 0 Å². The van der Waals surface area contributed by atoms with E-state index in [1.807, 2.05) is 32.0 Å². The Morgan fingerprint density at radius 1 is 0.821 bits per heavy atom. The molecular formula is C23H21FN2O2. The van der Waals surface area contributed by atoms with Crippen LogP contribution in [0.1, 0.15) is 37.4 Å². The quantitative estimate of drug-likeness (QED) is 0.682. The fourth-order valence-corrected chi connectivity index (χ4v) is 2.73. The van der Waals surface area contributed by atoms with Crippen molar-refractivity contribution in [2.24, 2.45) is 0 Å². The number of carbonyl (C=O) groups is 2. The van der Waals surface area contributed by atoms with Crippen LogP contribution >= 0.6 is 0 Å². The highest BCUT2D eigenvalue weighted by molar-refractivity contribution is 6.04. The van der Waals surface area contributed by atoms with Crippen LogP contribution in [0.15, 0.2) is 66.7 Å². The van der Waals surface area contributed by atoms with Crippen molar-refractivity contribution < 1.29 is 14.0 Å². The molecular weight excluding hydrogens is 355 g/mol. The number of benzene rings is 3. The van der Waals surface area contributed by atoms with E-state index in [9.17, 15) is 14.0 Å². The molecule has 0 saturated heterocycles. The summed E-state index contributed by atoms with van der Waals surface area (Å²) in [5.74, 6) is -0.863. The maximum atomic E-state index is 13.0. The van der Waals surface area contributed by atoms with Gasteiger partial charge in [0.25, 0.3) is 11.8 Å². The van der Waals surface area contributed by atoms with Crippen LogP contribution in [0.2, 0.25) is 0 Å². The Morgan fingerprint density at radius 2 is 1.54 bits per heavy atom. The smallest absolute Gasteiger partial charge is 0.255 e. The zero-order valence-electron chi connectivity index (χ0n) is 15.8. The lowest BCUT2D eigenvalue weighted by Gasteiger charge is -2.10. The molecule has 0 aromatic heterocycles. The molecule has 0 aliphatic carbocycles. The van der Waals surface area contributed by atoms with Crippen molar-refractivity contribution in [2.75, 3.05) is 5.32 Å². The van der Waals surface area contributed by atoms with Crippen molar-refractivity contribution in [3.05, 3.63) is 100 Å². The van der Waals surface area contributed by atoms with Gasteiger partial charge in [0, 0.05) is 23.4 Å². The Hall–Kier alpha value is -3.47. The molecule has 0 spiro atoms. The summed E-state index contributed by atoms with van der Waals surface area (Å²) >= 11 is 0. The van der Waals surface area contributed by atoms with E-state index in [0.29, 0.717) is 23.4 Å². The third-order valence-corrected chi connectivity index (χ3v) is 4.51. The Morgan fingerprint density at radius 3 is 2.25 bits per heavy atom. The average Bonchev–Trinajstić information content (AvgIpc) is 2.69. The Bertz CT molecular complexity index is 1010. The molecule has 0 atom stereocenters. The lowest BCUT2D eigenvalue weighted by Crippen LogP contribution is -2.23. The molecule has 0 aliphatic rings. The lowest BCUT2D eigenvalue weighted by atomic mass is 10.1. The highest BCUT2D eigenvalue weighted by Crippen LogP contribution is 2.14. The maximum absolute atomic E-state index is 13.0. The average molecular weight is 376 g/mol. The van der Waals surface area contributed by atoms with Crippen LogP contribution in [0, 0.1) is 19.7 Å². The third kappa shape index (κ3) is 4.82. The first kappa shape index (κ1) is 19.3. The van der Waals surface area contributed by atoms with E-state index in [-0.39, 0.29) is 11.8 Å². The van der Waals surface area contributed by atoms with E-state index in [2.05, 4.69) is 10.6 Å². The first-order valence-corrected chi connectivity index (χ1v) is 8.94. The summed E-state index contributed by atoms with van der Waals surface area (Å²) in [4.78, 5) is 24.6. The summed E-state index contributed by atoms with van der Waals surface area (Å²) in [6.45, 7) is 4.31. The normalized spacial score (nSPS) is 10.4. The van der Waals surface area contributed by atoms with Crippen LogP contribution in [0.3, 0.4) is 0 Å². The van der Waals surface area contributed by atoms with Crippen molar-refractivity contribution >= 4 is 17.5 Å². The molecule has 3 aromatic rings. The van der Waals surface area contributed by atoms with E-state index in [1.54, 1.807) is 24.3 Å². The van der Waals surface area contributed by atoms with Gasteiger partial charge >= 0.3 is 0 Å². The lowest BCUT2D eigenvalue weighted by molar-refractivity contribution is 0.0949. The van der Waals surface area contributed by atoms with E-state index in [1.165, 1.54) is 24.3 Å². The second-order valence-corrected chi connectivity index (χ2v) is 6.64. The summed E-state index contributed by atoms with van der Waals surface area (Å²) < 4.78 is 13.0. The Balaban J connectivity index is 1.62. The van der Waals surface area contributed by atoms with E-state index >= 15 is 0 Å². The number of rotatable bonds is 5. The summed E-state index contributed by atoms with van der Waals surface area (Å²) in [6, 6.07) is 18.2. The summed E-state index contributed by atoms with van der Waals surface area (Å²) in [5, 5.41) is 5.66. The minimum Gasteiger partial charge on any atom is -0.348 e. The molecule has 0 saturated carbocycles. The number of halogens is 1. The summed E-state index contributed by atoms with van der Waals surface area (Å²) in [7, 11) is 0. The van der Waals surface area contributed by atoms with Gasteiger partial charge in [-0.1, -0.05) is 18.2 Å². The number of hydrogen-bond acceptors (Lipinski definition) is 2. The molecule has 0 aliphatic heterocycles. The Labute approximate surface area is 163 Å². The van der Waals surface area contributed by atoms with Crippen LogP contribution in [0.5, 0.6) is 0 Å². The summed E-state index contributed by atoms with van der Waals surface area (Å²) in [5.41, 5.74) is 4.65. The number of carbonyl (C=O) groups excluding carboxylic acids is 2. The van der Waals surface area contributed by atoms with Gasteiger partial charge < -0.3 is 10.6 Å². The van der Waals surface area contributed by atoms with Gasteiger partial charge in [-0.15, -0.1) is 0 Å². The van der Waals surface area contributed by atoms with Gasteiger partial charge in [-0.3, -0.25) is 9.59 Å². The summed E-state index contributed by atoms with van der Waals surface area (Å²) in [6.07, 6.45) is 0. The largest absolute Gasteiger partial charge is 0.348 e. The minimum absolute atomic E-state index is 0.149. The third-order valence-electron chi connectivity index (χ3n) is 4.51. The molecule has 0 radical (unpaired) electrons. The molecule has 0 fully saturated rings. The van der Waals surface area contributed by atoms with Crippen molar-refractivity contribution in [1.82, 2.24) is 5.32 Å². The molecule has 0 heterocycles. The molecule has 3 rings (SSSR count). The van der Waals surface area contributed by atoms with Crippen LogP contribution in [0.25, 0.3) is 0 Å². The van der Waals surface area contributed by atoms with Crippen molar-refractivity contribution in [3.8, 4) is 0 Å². The van der Waals surface area contributed by atoms with Gasteiger partial charge in [-0.25, -0.2) is 4.39 Å². The monoisotopic (exact) mass is 376 g/mol. The number of anilines is 1. The molecule has 142 valence electrons. The molecule has 0 unspecified atom stereocenters. The number of amides is 2. The van der Waals surface area contributed by atoms with Crippen LogP contribution in [-0.2, 0) is 6.54 Å². The second-order valence-electron chi connectivity index (χ2n) is 6.64. The van der Waals surface area contributed by atoms with Gasteiger partial charge in [0.05, 0.1) is 0 Å². The van der Waals surface area contributed by atoms with Crippen LogP contribution < -0.4 is 10.6 Å². The first-order chi connectivity index (χ1) is 13.4. The highest BCUT2D eigenvalue weighted by atomic mass is 19.1. The molecule has 2 N–H and O–H groups in total. The standard InChI is InChI=1S/C23H21FN2O2/c1-15-6-7-19(12-16(15)2)22(27)25-14-17-4-3-5-21(13-17)26-23(28)18-8-10-20(24)11-9-18/h3-13H,14H2,1-2H3,(H,25,27)(H,26,28). The molecule has 0 bridgehead atoms. The predicted octanol–water partition coefficient (Wildman–Crippen LogP) is 4.62. The van der Waals surface area contributed by atoms with Crippen molar-refractivity contribution in [3.63, 3.8) is 0 Å². The molecule has 2 amide bonds. The van der Waals surface area contributed by atoms with Crippen LogP contribution in [0.4, 0.5) is 10.1 Å². The van der Waals surface area contributed by atoms with E-state index < -0.39 is 5.82 Å². The number of nitrogens with one attached hydrogen (secondary N) is 2. The number of aryl methyl sites for hydroxylation is 2. The predicted molar refractivity (Wildman–Crippen MR) is 108 cm³/mol. The fourth-order valence-electron chi connectivity index (χ4n) is 2.73. The Kier molecular flexibility index (Phi) is 5.84. The molecule has 5 heteroatoms. The zero-order chi connectivity index (χ0) is 20.1. The number of hydrogen-bond donors (Lipinski definition) is 2. The van der Waals surface area contributed by atoms with Crippen molar-refractivity contribution in [2.45, 2.75) is 20.4 Å². The van der Waals surface area contributed by atoms with Gasteiger partial charge in [0.1, 0.15) is 5.82 Å². The van der Waals surface area contributed by atoms with E-state index in [0.717, 1.165) is 16.7 Å². The van der Waals surface area contributed by atoms with E-state index in [4.69, 9.17) is 0 Å². The van der Waals surface area contributed by atoms with Crippen LogP contribution in [-0.4, -0.2) is 11.8 Å². The van der Waals surface area contributed by atoms with Gasteiger partial charge in [0.15, 0.2) is 0 Å². The van der Waals surface area contributed by atoms with Gasteiger partial charge in [-0.2, -0.15) is 0 Å². The minimum atomic E-state index is -0.391. The SMILES string of the molecule is Cc1ccc(C(=O)NCc2cccc(NC(=O)c3ccc(F)cc3)c2)cc1C. The molecule has 3 aromatic carbocycles. The van der Waals surface area contributed by atoms with Gasteiger partial charge in [-0.05, 0) is 79.1 Å². The topological polar surface area (TPSA) is 58.2 Å². The first-order valence-electron chi connectivity index (χ1n) is 8.94. The second kappa shape index (κ2) is 8.48. The van der Waals surface area contributed by atoms with Crippen molar-refractivity contribution in [1.29, 1.82) is 0 Å². The zero-order valence-corrected chi connectivity index (χ0v) is 15.8. The molecule has 28 heavy (non-hydrogen) atoms. The molecule has 4 nitrogen and oxygen atoms in total. The maximum Gasteiger partial charge on any atom is 0.255 e.